The molecule has 0 spiro atoms. The second-order valence-electron chi connectivity index (χ2n) is 4.21. The van der Waals surface area contributed by atoms with Crippen molar-refractivity contribution in [3.63, 3.8) is 0 Å². The molecule has 3 aromatic rings. The molecule has 1 aromatic carbocycles. The fraction of sp³-hybridized carbons (Fsp3) is 0.0667. The van der Waals surface area contributed by atoms with Crippen LogP contribution in [0.2, 0.25) is 0 Å². The summed E-state index contributed by atoms with van der Waals surface area (Å²) in [6.45, 7) is 0. The number of aromatic nitrogens is 2. The zero-order chi connectivity index (χ0) is 13.2. The highest BCUT2D eigenvalue weighted by Gasteiger charge is 2.09. The Morgan fingerprint density at radius 3 is 2.63 bits per heavy atom. The standard InChI is InChI=1S/C15H12N2O2/c1-19-15(18)14-9-12-3-2-11(8-13(12)17-14)10-4-6-16-7-5-10/h2-9,17H,1H3. The number of H-pyrrole nitrogens is 1. The number of methoxy groups -OCH3 is 1. The zero-order valence-electron chi connectivity index (χ0n) is 10.4. The Labute approximate surface area is 110 Å². The zero-order valence-corrected chi connectivity index (χ0v) is 10.4. The molecule has 0 aliphatic carbocycles. The first-order chi connectivity index (χ1) is 9.28. The second kappa shape index (κ2) is 4.57. The summed E-state index contributed by atoms with van der Waals surface area (Å²) in [7, 11) is 1.37. The lowest BCUT2D eigenvalue weighted by Gasteiger charge is -2.00. The first-order valence-electron chi connectivity index (χ1n) is 5.89. The summed E-state index contributed by atoms with van der Waals surface area (Å²) >= 11 is 0. The molecule has 0 amide bonds. The number of nitrogens with one attached hydrogen (secondary N) is 1. The first-order valence-corrected chi connectivity index (χ1v) is 5.89. The van der Waals surface area contributed by atoms with E-state index in [4.69, 9.17) is 4.74 Å². The summed E-state index contributed by atoms with van der Waals surface area (Å²) in [5, 5.41) is 0.984. The molecule has 0 fully saturated rings. The molecule has 4 heteroatoms. The van der Waals surface area contributed by atoms with Gasteiger partial charge in [-0.05, 0) is 35.4 Å². The minimum atomic E-state index is -0.360. The predicted molar refractivity (Wildman–Crippen MR) is 72.9 cm³/mol. The number of nitrogens with zero attached hydrogens (tertiary/aromatic N) is 1. The summed E-state index contributed by atoms with van der Waals surface area (Å²) in [5.41, 5.74) is 3.54. The minimum Gasteiger partial charge on any atom is -0.464 e. The number of hydrogen-bond acceptors (Lipinski definition) is 3. The van der Waals surface area contributed by atoms with Gasteiger partial charge in [0.15, 0.2) is 0 Å². The van der Waals surface area contributed by atoms with Gasteiger partial charge in [-0.15, -0.1) is 0 Å². The van der Waals surface area contributed by atoms with E-state index >= 15 is 0 Å². The number of hydrogen-bond donors (Lipinski definition) is 1. The van der Waals surface area contributed by atoms with Crippen LogP contribution < -0.4 is 0 Å². The number of benzene rings is 1. The highest BCUT2D eigenvalue weighted by Crippen LogP contribution is 2.24. The average molecular weight is 252 g/mol. The third-order valence-corrected chi connectivity index (χ3v) is 3.04. The van der Waals surface area contributed by atoms with E-state index < -0.39 is 0 Å². The van der Waals surface area contributed by atoms with E-state index in [0.29, 0.717) is 5.69 Å². The van der Waals surface area contributed by atoms with Crippen LogP contribution in [0.1, 0.15) is 10.5 Å². The van der Waals surface area contributed by atoms with E-state index in [1.54, 1.807) is 18.5 Å². The number of esters is 1. The van der Waals surface area contributed by atoms with Crippen LogP contribution in [0.15, 0.2) is 48.8 Å². The van der Waals surface area contributed by atoms with E-state index in [1.807, 2.05) is 30.3 Å². The average Bonchev–Trinajstić information content (AvgIpc) is 2.90. The third kappa shape index (κ3) is 2.08. The summed E-state index contributed by atoms with van der Waals surface area (Å²) < 4.78 is 4.70. The highest BCUT2D eigenvalue weighted by atomic mass is 16.5. The van der Waals surface area contributed by atoms with Gasteiger partial charge in [0.1, 0.15) is 5.69 Å². The van der Waals surface area contributed by atoms with E-state index in [1.165, 1.54) is 7.11 Å². The number of carbonyl (C=O) groups is 1. The van der Waals surface area contributed by atoms with Gasteiger partial charge in [-0.1, -0.05) is 12.1 Å². The van der Waals surface area contributed by atoms with Gasteiger partial charge >= 0.3 is 5.97 Å². The molecule has 0 aliphatic heterocycles. The molecule has 2 aromatic heterocycles. The Morgan fingerprint density at radius 1 is 1.11 bits per heavy atom. The monoisotopic (exact) mass is 252 g/mol. The van der Waals surface area contributed by atoms with Crippen molar-refractivity contribution in [1.29, 1.82) is 0 Å². The largest absolute Gasteiger partial charge is 0.464 e. The number of aromatic amines is 1. The van der Waals surface area contributed by atoms with Crippen molar-refractivity contribution < 1.29 is 9.53 Å². The normalized spacial score (nSPS) is 10.6. The molecule has 0 aliphatic rings. The van der Waals surface area contributed by atoms with Crippen molar-refractivity contribution >= 4 is 16.9 Å². The van der Waals surface area contributed by atoms with Crippen LogP contribution in [0.4, 0.5) is 0 Å². The smallest absolute Gasteiger partial charge is 0.354 e. The summed E-state index contributed by atoms with van der Waals surface area (Å²) in [6, 6.07) is 11.7. The van der Waals surface area contributed by atoms with Crippen molar-refractivity contribution in [3.8, 4) is 11.1 Å². The topological polar surface area (TPSA) is 55.0 Å². The summed E-state index contributed by atoms with van der Waals surface area (Å²) in [4.78, 5) is 18.5. The second-order valence-corrected chi connectivity index (χ2v) is 4.21. The number of carbonyl (C=O) groups excluding carboxylic acids is 1. The van der Waals surface area contributed by atoms with Gasteiger partial charge in [-0.2, -0.15) is 0 Å². The molecule has 0 saturated heterocycles. The highest BCUT2D eigenvalue weighted by molar-refractivity contribution is 5.95. The molecule has 4 nitrogen and oxygen atoms in total. The molecule has 3 rings (SSSR count). The Balaban J connectivity index is 2.09. The summed E-state index contributed by atoms with van der Waals surface area (Å²) in [6.07, 6.45) is 3.52. The van der Waals surface area contributed by atoms with Crippen molar-refractivity contribution in [1.82, 2.24) is 9.97 Å². The number of fused-ring (bicyclic) bond motifs is 1. The molecule has 0 atom stereocenters. The lowest BCUT2D eigenvalue weighted by molar-refractivity contribution is 0.0595. The molecular formula is C15H12N2O2. The SMILES string of the molecule is COC(=O)c1cc2ccc(-c3ccncc3)cc2[nH]1. The molecule has 0 saturated carbocycles. The Kier molecular flexibility index (Phi) is 2.76. The molecular weight excluding hydrogens is 240 g/mol. The van der Waals surface area contributed by atoms with Crippen LogP contribution in [-0.2, 0) is 4.74 Å². The van der Waals surface area contributed by atoms with Gasteiger partial charge in [0.05, 0.1) is 7.11 Å². The van der Waals surface area contributed by atoms with Crippen LogP contribution in [0.3, 0.4) is 0 Å². The molecule has 1 N–H and O–H groups in total. The Bertz CT molecular complexity index is 732. The fourth-order valence-corrected chi connectivity index (χ4v) is 2.07. The maximum atomic E-state index is 11.5. The van der Waals surface area contributed by atoms with Gasteiger partial charge in [0, 0.05) is 23.3 Å². The molecule has 0 radical (unpaired) electrons. The number of rotatable bonds is 2. The summed E-state index contributed by atoms with van der Waals surface area (Å²) in [5.74, 6) is -0.360. The maximum Gasteiger partial charge on any atom is 0.354 e. The fourth-order valence-electron chi connectivity index (χ4n) is 2.07. The van der Waals surface area contributed by atoms with Crippen LogP contribution in [-0.4, -0.2) is 23.0 Å². The molecule has 19 heavy (non-hydrogen) atoms. The van der Waals surface area contributed by atoms with E-state index in [9.17, 15) is 4.79 Å². The minimum absolute atomic E-state index is 0.360. The molecule has 94 valence electrons. The molecule has 0 bridgehead atoms. The van der Waals surface area contributed by atoms with E-state index in [0.717, 1.165) is 22.0 Å². The van der Waals surface area contributed by atoms with Gasteiger partial charge in [-0.25, -0.2) is 4.79 Å². The number of pyridine rings is 1. The van der Waals surface area contributed by atoms with Crippen molar-refractivity contribution in [2.75, 3.05) is 7.11 Å². The van der Waals surface area contributed by atoms with Crippen LogP contribution >= 0.6 is 0 Å². The quantitative estimate of drug-likeness (QED) is 0.713. The lowest BCUT2D eigenvalue weighted by Crippen LogP contribution is -2.00. The lowest BCUT2D eigenvalue weighted by atomic mass is 10.1. The van der Waals surface area contributed by atoms with Crippen LogP contribution in [0.25, 0.3) is 22.0 Å². The van der Waals surface area contributed by atoms with Crippen LogP contribution in [0, 0.1) is 0 Å². The predicted octanol–water partition coefficient (Wildman–Crippen LogP) is 3.02. The maximum absolute atomic E-state index is 11.5. The van der Waals surface area contributed by atoms with Gasteiger partial charge < -0.3 is 9.72 Å². The number of ether oxygens (including phenoxy) is 1. The molecule has 0 unspecified atom stereocenters. The van der Waals surface area contributed by atoms with E-state index in [2.05, 4.69) is 9.97 Å². The van der Waals surface area contributed by atoms with Crippen LogP contribution in [0.5, 0.6) is 0 Å². The first kappa shape index (κ1) is 11.5. The van der Waals surface area contributed by atoms with E-state index in [-0.39, 0.29) is 5.97 Å². The van der Waals surface area contributed by atoms with Crippen molar-refractivity contribution in [2.45, 2.75) is 0 Å². The van der Waals surface area contributed by atoms with Crippen molar-refractivity contribution in [3.05, 3.63) is 54.5 Å². The van der Waals surface area contributed by atoms with Gasteiger partial charge in [0.25, 0.3) is 0 Å². The van der Waals surface area contributed by atoms with Gasteiger partial charge in [0.2, 0.25) is 0 Å². The Morgan fingerprint density at radius 2 is 1.89 bits per heavy atom. The molecule has 2 heterocycles. The Hall–Kier alpha value is -2.62. The van der Waals surface area contributed by atoms with Gasteiger partial charge in [-0.3, -0.25) is 4.98 Å². The third-order valence-electron chi connectivity index (χ3n) is 3.04. The van der Waals surface area contributed by atoms with Crippen molar-refractivity contribution in [2.24, 2.45) is 0 Å².